The molecule has 0 radical (unpaired) electrons. The van der Waals surface area contributed by atoms with E-state index in [-0.39, 0.29) is 0 Å². The fraction of sp³-hybridized carbons (Fsp3) is 0.0455. The highest BCUT2D eigenvalue weighted by molar-refractivity contribution is 7.21. The van der Waals surface area contributed by atoms with Gasteiger partial charge in [0.15, 0.2) is 8.07 Å². The van der Waals surface area contributed by atoms with E-state index >= 15 is 0 Å². The van der Waals surface area contributed by atoms with E-state index < -0.39 is 16.1 Å². The molecule has 2 nitrogen and oxygen atoms in total. The van der Waals surface area contributed by atoms with Gasteiger partial charge in [0, 0.05) is 34.1 Å². The molecular formula is C44H36N2Si2. The lowest BCUT2D eigenvalue weighted by molar-refractivity contribution is 1.28. The number of hydrogen-bond acceptors (Lipinski definition) is 2. The molecule has 0 aliphatic carbocycles. The molecule has 0 spiro atoms. The summed E-state index contributed by atoms with van der Waals surface area (Å²) in [5.74, 6) is 0. The summed E-state index contributed by atoms with van der Waals surface area (Å²) in [5, 5.41) is 8.57. The maximum absolute atomic E-state index is 2.74. The van der Waals surface area contributed by atoms with Crippen molar-refractivity contribution in [3.63, 3.8) is 0 Å². The molecule has 0 aromatic heterocycles. The molecule has 0 unspecified atom stereocenters. The lowest BCUT2D eigenvalue weighted by atomic mass is 10.1. The van der Waals surface area contributed by atoms with Gasteiger partial charge >= 0.3 is 0 Å². The SMILES string of the molecule is C[Si]1(C)c2ccccc2N(c2ccc([Si]3(c4ccccc4)c4ccccc4N(c4ccccc4)c4ccccc43)cc2)c2ccccc21. The zero-order chi connectivity index (χ0) is 32.3. The largest absolute Gasteiger partial charge is 0.311 e. The van der Waals surface area contributed by atoms with Gasteiger partial charge in [-0.3, -0.25) is 0 Å². The lowest BCUT2D eigenvalue weighted by Crippen LogP contribution is -2.77. The Hall–Kier alpha value is -5.43. The van der Waals surface area contributed by atoms with Gasteiger partial charge in [-0.1, -0.05) is 147 Å². The highest BCUT2D eigenvalue weighted by Gasteiger charge is 2.49. The molecule has 0 bridgehead atoms. The van der Waals surface area contributed by atoms with Gasteiger partial charge in [0.1, 0.15) is 8.07 Å². The van der Waals surface area contributed by atoms with Crippen molar-refractivity contribution in [3.8, 4) is 0 Å². The molecule has 0 saturated carbocycles. The van der Waals surface area contributed by atoms with Crippen LogP contribution in [0.4, 0.5) is 34.1 Å². The highest BCUT2D eigenvalue weighted by Crippen LogP contribution is 2.40. The van der Waals surface area contributed by atoms with Crippen LogP contribution >= 0.6 is 0 Å². The second-order valence-corrected chi connectivity index (χ2v) is 21.4. The van der Waals surface area contributed by atoms with Crippen LogP contribution in [-0.2, 0) is 0 Å². The maximum Gasteiger partial charge on any atom is 0.184 e. The van der Waals surface area contributed by atoms with Crippen LogP contribution in [-0.4, -0.2) is 16.1 Å². The second-order valence-electron chi connectivity index (χ2n) is 13.4. The molecule has 0 atom stereocenters. The minimum Gasteiger partial charge on any atom is -0.311 e. The summed E-state index contributed by atoms with van der Waals surface area (Å²) >= 11 is 0. The Morgan fingerprint density at radius 2 is 0.646 bits per heavy atom. The van der Waals surface area contributed by atoms with Crippen LogP contribution in [0.25, 0.3) is 0 Å². The van der Waals surface area contributed by atoms with Crippen molar-refractivity contribution >= 4 is 81.4 Å². The summed E-state index contributed by atoms with van der Waals surface area (Å²) in [6.07, 6.45) is 0. The van der Waals surface area contributed by atoms with E-state index in [4.69, 9.17) is 0 Å². The van der Waals surface area contributed by atoms with Crippen LogP contribution in [0.2, 0.25) is 13.1 Å². The average molecular weight is 649 g/mol. The van der Waals surface area contributed by atoms with Gasteiger partial charge in [0.2, 0.25) is 0 Å². The van der Waals surface area contributed by atoms with Crippen LogP contribution in [0.1, 0.15) is 0 Å². The van der Waals surface area contributed by atoms with Crippen molar-refractivity contribution in [2.24, 2.45) is 0 Å². The van der Waals surface area contributed by atoms with Crippen LogP contribution < -0.4 is 40.9 Å². The number of anilines is 6. The topological polar surface area (TPSA) is 6.48 Å². The molecule has 230 valence electrons. The summed E-state index contributed by atoms with van der Waals surface area (Å²) in [5.41, 5.74) is 7.51. The minimum absolute atomic E-state index is 1.18. The number of para-hydroxylation sites is 5. The summed E-state index contributed by atoms with van der Waals surface area (Å²) in [4.78, 5) is 4.95. The quantitative estimate of drug-likeness (QED) is 0.183. The molecule has 2 heterocycles. The predicted molar refractivity (Wildman–Crippen MR) is 210 cm³/mol. The normalized spacial score (nSPS) is 15.1. The summed E-state index contributed by atoms with van der Waals surface area (Å²) < 4.78 is 0. The van der Waals surface area contributed by atoms with Crippen molar-refractivity contribution in [3.05, 3.63) is 182 Å². The third kappa shape index (κ3) is 4.09. The van der Waals surface area contributed by atoms with E-state index in [2.05, 4.69) is 205 Å². The molecule has 48 heavy (non-hydrogen) atoms. The van der Waals surface area contributed by atoms with Gasteiger partial charge in [-0.2, -0.15) is 0 Å². The zero-order valence-electron chi connectivity index (χ0n) is 27.2. The van der Waals surface area contributed by atoms with Gasteiger partial charge in [-0.25, -0.2) is 0 Å². The molecule has 0 N–H and O–H groups in total. The first-order chi connectivity index (χ1) is 23.6. The number of rotatable bonds is 4. The molecule has 7 aromatic rings. The van der Waals surface area contributed by atoms with Gasteiger partial charge in [0.25, 0.3) is 0 Å². The van der Waals surface area contributed by atoms with Crippen molar-refractivity contribution < 1.29 is 0 Å². The Morgan fingerprint density at radius 1 is 0.312 bits per heavy atom. The lowest BCUT2D eigenvalue weighted by Gasteiger charge is -2.45. The number of nitrogens with zero attached hydrogens (tertiary/aromatic N) is 2. The van der Waals surface area contributed by atoms with E-state index in [0.717, 1.165) is 0 Å². The molecule has 2 aliphatic rings. The Balaban J connectivity index is 1.29. The number of hydrogen-bond donors (Lipinski definition) is 0. The van der Waals surface area contributed by atoms with E-state index in [1.165, 1.54) is 65.2 Å². The van der Waals surface area contributed by atoms with Crippen LogP contribution in [0.5, 0.6) is 0 Å². The predicted octanol–water partition coefficient (Wildman–Crippen LogP) is 7.45. The molecule has 0 amide bonds. The van der Waals surface area contributed by atoms with E-state index in [1.807, 2.05) is 0 Å². The number of benzene rings is 7. The van der Waals surface area contributed by atoms with Crippen molar-refractivity contribution in [1.82, 2.24) is 0 Å². The van der Waals surface area contributed by atoms with Crippen molar-refractivity contribution in [2.75, 3.05) is 9.80 Å². The molecule has 0 fully saturated rings. The molecule has 7 aromatic carbocycles. The third-order valence-electron chi connectivity index (χ3n) is 10.5. The van der Waals surface area contributed by atoms with Gasteiger partial charge in [0.05, 0.1) is 0 Å². The minimum atomic E-state index is -2.74. The van der Waals surface area contributed by atoms with Gasteiger partial charge < -0.3 is 9.80 Å². The Morgan fingerprint density at radius 3 is 1.12 bits per heavy atom. The van der Waals surface area contributed by atoms with Crippen LogP contribution in [0.15, 0.2) is 182 Å². The Bertz CT molecular complexity index is 2180. The highest BCUT2D eigenvalue weighted by atomic mass is 28.3. The van der Waals surface area contributed by atoms with Crippen molar-refractivity contribution in [2.45, 2.75) is 13.1 Å². The molecule has 0 saturated heterocycles. The smallest absolute Gasteiger partial charge is 0.184 e. The standard InChI is InChI=1S/C44H36N2Si2/c1-47(2)41-25-13-9-21-37(41)46(38-22-10-14-26-42(38)47)34-29-31-36(32-30-34)48(35-19-7-4-8-20-35)43-27-15-11-23-39(43)45(33-17-5-3-6-18-33)40-24-12-16-28-44(40)48/h3-32H,1-2H3. The fourth-order valence-electron chi connectivity index (χ4n) is 8.39. The average Bonchev–Trinajstić information content (AvgIpc) is 3.15. The number of fused-ring (bicyclic) bond motifs is 4. The molecule has 9 rings (SSSR count). The molecule has 2 aliphatic heterocycles. The van der Waals surface area contributed by atoms with Gasteiger partial charge in [-0.05, 0) is 79.7 Å². The monoisotopic (exact) mass is 648 g/mol. The third-order valence-corrected chi connectivity index (χ3v) is 18.9. The Kier molecular flexibility index (Phi) is 6.64. The summed E-state index contributed by atoms with van der Waals surface area (Å²) in [6, 6.07) is 68.0. The first kappa shape index (κ1) is 28.8. The van der Waals surface area contributed by atoms with Crippen LogP contribution in [0.3, 0.4) is 0 Å². The van der Waals surface area contributed by atoms with Crippen molar-refractivity contribution in [1.29, 1.82) is 0 Å². The van der Waals surface area contributed by atoms with E-state index in [0.29, 0.717) is 0 Å². The zero-order valence-corrected chi connectivity index (χ0v) is 29.2. The van der Waals surface area contributed by atoms with E-state index in [9.17, 15) is 0 Å². The molecule has 4 heteroatoms. The van der Waals surface area contributed by atoms with Crippen LogP contribution in [0, 0.1) is 0 Å². The summed E-state index contributed by atoms with van der Waals surface area (Å²) in [7, 11) is -4.60. The Labute approximate surface area is 285 Å². The second kappa shape index (κ2) is 11.1. The first-order valence-electron chi connectivity index (χ1n) is 16.8. The fourth-order valence-corrected chi connectivity index (χ4v) is 16.5. The van der Waals surface area contributed by atoms with E-state index in [1.54, 1.807) is 0 Å². The van der Waals surface area contributed by atoms with Gasteiger partial charge in [-0.15, -0.1) is 0 Å². The summed E-state index contributed by atoms with van der Waals surface area (Å²) in [6.45, 7) is 4.97. The maximum atomic E-state index is 2.49. The molecular weight excluding hydrogens is 613 g/mol. The first-order valence-corrected chi connectivity index (χ1v) is 21.8.